The molecule has 1 aliphatic rings. The van der Waals surface area contributed by atoms with E-state index >= 15 is 0 Å². The Kier molecular flexibility index (Phi) is 6.67. The second-order valence-corrected chi connectivity index (χ2v) is 7.00. The highest BCUT2D eigenvalue weighted by Gasteiger charge is 2.08. The van der Waals surface area contributed by atoms with Crippen LogP contribution < -0.4 is 9.47 Å². The second-order valence-electron chi connectivity index (χ2n) is 5.78. The molecule has 1 heterocycles. The first kappa shape index (κ1) is 17.7. The molecule has 0 radical (unpaired) electrons. The van der Waals surface area contributed by atoms with Crippen LogP contribution in [0.25, 0.3) is 0 Å². The molecule has 0 aromatic heterocycles. The molecule has 1 saturated heterocycles. The smallest absolute Gasteiger partial charge is 0.143 e. The molecule has 0 spiro atoms. The van der Waals surface area contributed by atoms with Gasteiger partial charge in [-0.1, -0.05) is 24.0 Å². The summed E-state index contributed by atoms with van der Waals surface area (Å²) in [6.07, 6.45) is 0.890. The van der Waals surface area contributed by atoms with Crippen LogP contribution in [0.3, 0.4) is 0 Å². The Bertz CT molecular complexity index is 728. The topological polar surface area (TPSA) is 21.7 Å². The number of para-hydroxylation sites is 1. The number of hydrogen-bond acceptors (Lipinski definition) is 4. The van der Waals surface area contributed by atoms with Gasteiger partial charge in [-0.15, -0.1) is 0 Å². The van der Waals surface area contributed by atoms with Crippen LogP contribution in [0.2, 0.25) is 0 Å². The summed E-state index contributed by atoms with van der Waals surface area (Å²) in [7, 11) is 1.66. The number of ether oxygens (including phenoxy) is 2. The average Bonchev–Trinajstić information content (AvgIpc) is 2.68. The number of rotatable bonds is 5. The highest BCUT2D eigenvalue weighted by atomic mass is 32.2. The van der Waals surface area contributed by atoms with Crippen molar-refractivity contribution in [1.29, 1.82) is 0 Å². The number of benzene rings is 2. The van der Waals surface area contributed by atoms with Gasteiger partial charge in [0.1, 0.15) is 17.2 Å². The minimum atomic E-state index is 0.779. The third kappa shape index (κ3) is 5.45. The molecule has 2 aromatic carbocycles. The van der Waals surface area contributed by atoms with Crippen LogP contribution in [-0.4, -0.2) is 43.1 Å². The quantitative estimate of drug-likeness (QED) is 0.748. The fourth-order valence-corrected chi connectivity index (χ4v) is 3.60. The van der Waals surface area contributed by atoms with E-state index in [2.05, 4.69) is 16.7 Å². The Morgan fingerprint density at radius 1 is 1.00 bits per heavy atom. The maximum absolute atomic E-state index is 5.98. The van der Waals surface area contributed by atoms with Gasteiger partial charge in [0.25, 0.3) is 0 Å². The van der Waals surface area contributed by atoms with Gasteiger partial charge in [-0.3, -0.25) is 0 Å². The fraction of sp³-hybridized carbons (Fsp3) is 0.333. The highest BCUT2D eigenvalue weighted by Crippen LogP contribution is 2.26. The molecule has 25 heavy (non-hydrogen) atoms. The van der Waals surface area contributed by atoms with E-state index in [1.54, 1.807) is 7.11 Å². The van der Waals surface area contributed by atoms with Crippen molar-refractivity contribution in [3.8, 4) is 29.1 Å². The van der Waals surface area contributed by atoms with Crippen LogP contribution in [0, 0.1) is 11.8 Å². The Balaban J connectivity index is 1.61. The van der Waals surface area contributed by atoms with E-state index in [4.69, 9.17) is 9.47 Å². The molecular weight excluding hydrogens is 330 g/mol. The van der Waals surface area contributed by atoms with Crippen molar-refractivity contribution in [1.82, 2.24) is 4.90 Å². The van der Waals surface area contributed by atoms with Crippen LogP contribution >= 0.6 is 11.8 Å². The van der Waals surface area contributed by atoms with Crippen LogP contribution in [0.5, 0.6) is 17.2 Å². The average molecular weight is 353 g/mol. The number of hydrogen-bond donors (Lipinski definition) is 0. The summed E-state index contributed by atoms with van der Waals surface area (Å²) in [6.45, 7) is 3.42. The zero-order chi connectivity index (χ0) is 17.3. The molecule has 1 aliphatic heterocycles. The SMILES string of the molecule is COc1ccc(Oc2ccccc2C#CCCN2CCSCC2)cc1. The number of thioether (sulfide) groups is 1. The third-order valence-electron chi connectivity index (χ3n) is 4.05. The molecule has 0 amide bonds. The fourth-order valence-electron chi connectivity index (χ4n) is 2.63. The molecule has 0 bridgehead atoms. The van der Waals surface area contributed by atoms with Crippen LogP contribution in [0.4, 0.5) is 0 Å². The Hall–Kier alpha value is -2.09. The van der Waals surface area contributed by atoms with Crippen molar-refractivity contribution in [3.05, 3.63) is 54.1 Å². The minimum Gasteiger partial charge on any atom is -0.497 e. The monoisotopic (exact) mass is 353 g/mol. The molecule has 0 N–H and O–H groups in total. The molecule has 0 atom stereocenters. The Labute approximate surface area is 154 Å². The van der Waals surface area contributed by atoms with Gasteiger partial charge in [-0.05, 0) is 36.4 Å². The molecule has 0 aliphatic carbocycles. The molecule has 130 valence electrons. The first-order valence-electron chi connectivity index (χ1n) is 8.55. The first-order valence-corrected chi connectivity index (χ1v) is 9.70. The van der Waals surface area contributed by atoms with Crippen molar-refractivity contribution in [2.24, 2.45) is 0 Å². The third-order valence-corrected chi connectivity index (χ3v) is 5.00. The van der Waals surface area contributed by atoms with E-state index in [9.17, 15) is 0 Å². The second kappa shape index (κ2) is 9.41. The van der Waals surface area contributed by atoms with Gasteiger partial charge >= 0.3 is 0 Å². The summed E-state index contributed by atoms with van der Waals surface area (Å²) < 4.78 is 11.2. The molecule has 4 heteroatoms. The largest absolute Gasteiger partial charge is 0.497 e. The van der Waals surface area contributed by atoms with E-state index in [1.807, 2.05) is 60.3 Å². The zero-order valence-corrected chi connectivity index (χ0v) is 15.3. The van der Waals surface area contributed by atoms with Gasteiger partial charge in [0.15, 0.2) is 0 Å². The normalized spacial score (nSPS) is 14.4. The van der Waals surface area contributed by atoms with Gasteiger partial charge in [-0.25, -0.2) is 0 Å². The molecule has 0 saturated carbocycles. The number of nitrogens with zero attached hydrogens (tertiary/aromatic N) is 1. The molecule has 3 rings (SSSR count). The van der Waals surface area contributed by atoms with Gasteiger partial charge < -0.3 is 14.4 Å². The van der Waals surface area contributed by atoms with Crippen molar-refractivity contribution < 1.29 is 9.47 Å². The molecule has 0 unspecified atom stereocenters. The summed E-state index contributed by atoms with van der Waals surface area (Å²) in [5.74, 6) is 11.4. The van der Waals surface area contributed by atoms with Crippen molar-refractivity contribution >= 4 is 11.8 Å². The van der Waals surface area contributed by atoms with Gasteiger partial charge in [0, 0.05) is 37.6 Å². The van der Waals surface area contributed by atoms with Crippen molar-refractivity contribution in [2.75, 3.05) is 38.2 Å². The Morgan fingerprint density at radius 3 is 2.48 bits per heavy atom. The zero-order valence-electron chi connectivity index (χ0n) is 14.5. The lowest BCUT2D eigenvalue weighted by Gasteiger charge is -2.24. The van der Waals surface area contributed by atoms with Gasteiger partial charge in [0.2, 0.25) is 0 Å². The number of methoxy groups -OCH3 is 1. The maximum atomic E-state index is 5.98. The van der Waals surface area contributed by atoms with E-state index < -0.39 is 0 Å². The van der Waals surface area contributed by atoms with Crippen molar-refractivity contribution in [2.45, 2.75) is 6.42 Å². The summed E-state index contributed by atoms with van der Waals surface area (Å²) in [6, 6.07) is 15.5. The summed E-state index contributed by atoms with van der Waals surface area (Å²) >= 11 is 2.04. The van der Waals surface area contributed by atoms with Crippen molar-refractivity contribution in [3.63, 3.8) is 0 Å². The summed E-state index contributed by atoms with van der Waals surface area (Å²) in [5, 5.41) is 0. The highest BCUT2D eigenvalue weighted by molar-refractivity contribution is 7.99. The lowest BCUT2D eigenvalue weighted by molar-refractivity contribution is 0.310. The minimum absolute atomic E-state index is 0.779. The summed E-state index contributed by atoms with van der Waals surface area (Å²) in [4.78, 5) is 2.49. The van der Waals surface area contributed by atoms with Gasteiger partial charge in [0.05, 0.1) is 12.7 Å². The molecule has 1 fully saturated rings. The van der Waals surface area contributed by atoms with E-state index in [0.29, 0.717) is 0 Å². The van der Waals surface area contributed by atoms with Crippen LogP contribution in [0.1, 0.15) is 12.0 Å². The summed E-state index contributed by atoms with van der Waals surface area (Å²) in [5.41, 5.74) is 0.924. The van der Waals surface area contributed by atoms with Crippen LogP contribution in [0.15, 0.2) is 48.5 Å². The van der Waals surface area contributed by atoms with E-state index in [-0.39, 0.29) is 0 Å². The lowest BCUT2D eigenvalue weighted by atomic mass is 10.2. The lowest BCUT2D eigenvalue weighted by Crippen LogP contribution is -2.33. The Morgan fingerprint density at radius 2 is 1.72 bits per heavy atom. The first-order chi connectivity index (χ1) is 12.3. The predicted octanol–water partition coefficient (Wildman–Crippen LogP) is 4.28. The van der Waals surface area contributed by atoms with Gasteiger partial charge in [-0.2, -0.15) is 11.8 Å². The van der Waals surface area contributed by atoms with E-state index in [1.165, 1.54) is 24.6 Å². The van der Waals surface area contributed by atoms with E-state index in [0.717, 1.165) is 35.8 Å². The van der Waals surface area contributed by atoms with Crippen LogP contribution in [-0.2, 0) is 0 Å². The molecule has 2 aromatic rings. The molecular formula is C21H23NO2S. The standard InChI is InChI=1S/C21H23NO2S/c1-23-19-9-11-20(12-10-19)24-21-8-3-2-6-18(21)7-4-5-13-22-14-16-25-17-15-22/h2-3,6,8-12H,5,13-17H2,1H3. The molecule has 3 nitrogen and oxygen atoms in total. The maximum Gasteiger partial charge on any atom is 0.143 e. The predicted molar refractivity (Wildman–Crippen MR) is 105 cm³/mol.